The topological polar surface area (TPSA) is 91.6 Å². The summed E-state index contributed by atoms with van der Waals surface area (Å²) < 4.78 is 0. The van der Waals surface area contributed by atoms with Crippen molar-refractivity contribution in [3.63, 3.8) is 0 Å². The lowest BCUT2D eigenvalue weighted by atomic mass is 10.2. The van der Waals surface area contributed by atoms with Crippen LogP contribution in [0.25, 0.3) is 0 Å². The highest BCUT2D eigenvalue weighted by Gasteiger charge is 2.26. The molecule has 1 fully saturated rings. The molecule has 2 heterocycles. The van der Waals surface area contributed by atoms with Crippen molar-refractivity contribution in [2.45, 2.75) is 0 Å². The molecular formula is C11H14ClN5O2. The van der Waals surface area contributed by atoms with Crippen LogP contribution in [0.1, 0.15) is 10.4 Å². The molecule has 102 valence electrons. The number of nitrogens with one attached hydrogen (secondary N) is 1. The molecule has 2 amide bonds. The van der Waals surface area contributed by atoms with Gasteiger partial charge in [0, 0.05) is 25.7 Å². The van der Waals surface area contributed by atoms with Gasteiger partial charge in [0.15, 0.2) is 0 Å². The summed E-state index contributed by atoms with van der Waals surface area (Å²) in [7, 11) is 1.71. The highest BCUT2D eigenvalue weighted by atomic mass is 35.5. The molecule has 0 aromatic carbocycles. The van der Waals surface area contributed by atoms with Crippen molar-refractivity contribution >= 4 is 29.2 Å². The van der Waals surface area contributed by atoms with Crippen molar-refractivity contribution in [3.05, 3.63) is 22.8 Å². The van der Waals surface area contributed by atoms with Crippen molar-refractivity contribution in [1.29, 1.82) is 0 Å². The van der Waals surface area contributed by atoms with Gasteiger partial charge in [0.1, 0.15) is 17.5 Å². The fourth-order valence-electron chi connectivity index (χ4n) is 1.81. The van der Waals surface area contributed by atoms with Crippen LogP contribution in [0, 0.1) is 0 Å². The third kappa shape index (κ3) is 2.94. The summed E-state index contributed by atoms with van der Waals surface area (Å²) in [5.41, 5.74) is 2.69. The molecule has 1 aromatic rings. The first-order chi connectivity index (χ1) is 9.01. The number of halogens is 1. The lowest BCUT2D eigenvalue weighted by Crippen LogP contribution is -2.50. The molecule has 0 unspecified atom stereocenters. The first-order valence-corrected chi connectivity index (χ1v) is 6.06. The van der Waals surface area contributed by atoms with Crippen molar-refractivity contribution < 1.29 is 9.59 Å². The minimum Gasteiger partial charge on any atom is -0.342 e. The molecule has 1 aliphatic heterocycles. The molecule has 0 aliphatic carbocycles. The number of hydrogen-bond acceptors (Lipinski definition) is 5. The molecule has 0 atom stereocenters. The number of amides is 2. The molecule has 19 heavy (non-hydrogen) atoms. The Morgan fingerprint density at radius 3 is 2.84 bits per heavy atom. The molecule has 1 aliphatic rings. The Bertz CT molecular complexity index is 522. The normalized spacial score (nSPS) is 15.6. The zero-order valence-electron chi connectivity index (χ0n) is 10.4. The Hall–Kier alpha value is -1.86. The number of anilines is 1. The van der Waals surface area contributed by atoms with Gasteiger partial charge in [-0.2, -0.15) is 0 Å². The second kappa shape index (κ2) is 5.41. The number of hydrogen-bond donors (Lipinski definition) is 2. The number of aromatic nitrogens is 1. The maximum Gasteiger partial charge on any atom is 0.254 e. The van der Waals surface area contributed by atoms with Gasteiger partial charge in [-0.05, 0) is 12.1 Å². The highest BCUT2D eigenvalue weighted by molar-refractivity contribution is 6.29. The SMILES string of the molecule is CN1CCN(C(=O)c2cc(Cl)nc(NN)c2)CC1=O. The fraction of sp³-hybridized carbons (Fsp3) is 0.364. The Balaban J connectivity index is 2.20. The maximum atomic E-state index is 12.3. The van der Waals surface area contributed by atoms with Crippen LogP contribution in [-0.4, -0.2) is 53.3 Å². The maximum absolute atomic E-state index is 12.3. The summed E-state index contributed by atoms with van der Waals surface area (Å²) in [5, 5.41) is 0.166. The van der Waals surface area contributed by atoms with Crippen molar-refractivity contribution in [2.75, 3.05) is 32.1 Å². The van der Waals surface area contributed by atoms with E-state index >= 15 is 0 Å². The summed E-state index contributed by atoms with van der Waals surface area (Å²) in [6, 6.07) is 2.95. The molecular weight excluding hydrogens is 270 g/mol. The molecule has 1 aromatic heterocycles. The number of pyridine rings is 1. The standard InChI is InChI=1S/C11H14ClN5O2/c1-16-2-3-17(6-10(16)18)11(19)7-4-8(12)14-9(5-7)15-13/h4-5H,2-3,6,13H2,1H3,(H,14,15). The van der Waals surface area contributed by atoms with Gasteiger partial charge in [0.25, 0.3) is 5.91 Å². The van der Waals surface area contributed by atoms with E-state index < -0.39 is 0 Å². The Labute approximate surface area is 115 Å². The van der Waals surface area contributed by atoms with Crippen LogP contribution in [0.15, 0.2) is 12.1 Å². The molecule has 8 heteroatoms. The molecule has 0 spiro atoms. The average molecular weight is 284 g/mol. The number of nitrogens with zero attached hydrogens (tertiary/aromatic N) is 3. The number of carbonyl (C=O) groups is 2. The Morgan fingerprint density at radius 1 is 1.47 bits per heavy atom. The summed E-state index contributed by atoms with van der Waals surface area (Å²) in [4.78, 5) is 30.8. The lowest BCUT2D eigenvalue weighted by molar-refractivity contribution is -0.133. The van der Waals surface area contributed by atoms with Gasteiger partial charge in [-0.3, -0.25) is 9.59 Å². The van der Waals surface area contributed by atoms with Gasteiger partial charge < -0.3 is 15.2 Å². The van der Waals surface area contributed by atoms with Crippen LogP contribution in [0.3, 0.4) is 0 Å². The zero-order valence-corrected chi connectivity index (χ0v) is 11.1. The summed E-state index contributed by atoms with van der Waals surface area (Å²) in [6.45, 7) is 1.08. The van der Waals surface area contributed by atoms with Crippen molar-refractivity contribution in [2.24, 2.45) is 5.84 Å². The van der Waals surface area contributed by atoms with Crippen LogP contribution >= 0.6 is 11.6 Å². The number of rotatable bonds is 2. The van der Waals surface area contributed by atoms with Gasteiger partial charge in [-0.25, -0.2) is 10.8 Å². The minimum absolute atomic E-state index is 0.0701. The number of hydrazine groups is 1. The van der Waals surface area contributed by atoms with Crippen LogP contribution in [0.2, 0.25) is 5.15 Å². The van der Waals surface area contributed by atoms with Crippen LogP contribution < -0.4 is 11.3 Å². The third-order valence-corrected chi connectivity index (χ3v) is 3.13. The summed E-state index contributed by atoms with van der Waals surface area (Å²) >= 11 is 5.81. The predicted molar refractivity (Wildman–Crippen MR) is 70.6 cm³/mol. The van der Waals surface area contributed by atoms with Gasteiger partial charge in [0.2, 0.25) is 5.91 Å². The van der Waals surface area contributed by atoms with Gasteiger partial charge in [-0.1, -0.05) is 11.6 Å². The van der Waals surface area contributed by atoms with Gasteiger partial charge in [0.05, 0.1) is 0 Å². The number of carbonyl (C=O) groups excluding carboxylic acids is 2. The molecule has 0 saturated carbocycles. The molecule has 2 rings (SSSR count). The monoisotopic (exact) mass is 283 g/mol. The second-order valence-corrected chi connectivity index (χ2v) is 4.64. The van der Waals surface area contributed by atoms with E-state index in [0.717, 1.165) is 0 Å². The van der Waals surface area contributed by atoms with E-state index in [9.17, 15) is 9.59 Å². The first kappa shape index (κ1) is 13.6. The third-order valence-electron chi connectivity index (χ3n) is 2.93. The van der Waals surface area contributed by atoms with Gasteiger partial charge >= 0.3 is 0 Å². The quantitative estimate of drug-likeness (QED) is 0.450. The molecule has 3 N–H and O–H groups in total. The largest absolute Gasteiger partial charge is 0.342 e. The lowest BCUT2D eigenvalue weighted by Gasteiger charge is -2.32. The van der Waals surface area contributed by atoms with Crippen LogP contribution in [0.5, 0.6) is 0 Å². The van der Waals surface area contributed by atoms with E-state index in [1.165, 1.54) is 17.0 Å². The van der Waals surface area contributed by atoms with Gasteiger partial charge in [-0.15, -0.1) is 0 Å². The molecule has 7 nitrogen and oxygen atoms in total. The van der Waals surface area contributed by atoms with Crippen LogP contribution in [-0.2, 0) is 4.79 Å². The van der Waals surface area contributed by atoms with E-state index in [-0.39, 0.29) is 23.5 Å². The van der Waals surface area contributed by atoms with Crippen molar-refractivity contribution in [1.82, 2.24) is 14.8 Å². The van der Waals surface area contributed by atoms with Crippen LogP contribution in [0.4, 0.5) is 5.82 Å². The number of likely N-dealkylation sites (N-methyl/N-ethyl adjacent to an activating group) is 1. The summed E-state index contributed by atoms with van der Waals surface area (Å²) in [5.74, 6) is 5.20. The highest BCUT2D eigenvalue weighted by Crippen LogP contribution is 2.16. The van der Waals surface area contributed by atoms with E-state index in [1.54, 1.807) is 11.9 Å². The average Bonchev–Trinajstić information content (AvgIpc) is 2.40. The van der Waals surface area contributed by atoms with E-state index in [0.29, 0.717) is 24.5 Å². The summed E-state index contributed by atoms with van der Waals surface area (Å²) in [6.07, 6.45) is 0. The Kier molecular flexibility index (Phi) is 3.87. The Morgan fingerprint density at radius 2 is 2.21 bits per heavy atom. The zero-order chi connectivity index (χ0) is 14.0. The van der Waals surface area contributed by atoms with Crippen molar-refractivity contribution in [3.8, 4) is 0 Å². The predicted octanol–water partition coefficient (Wildman–Crippen LogP) is -0.0652. The molecule has 0 radical (unpaired) electrons. The van der Waals surface area contributed by atoms with E-state index in [1.807, 2.05) is 0 Å². The first-order valence-electron chi connectivity index (χ1n) is 5.68. The van der Waals surface area contributed by atoms with E-state index in [4.69, 9.17) is 17.4 Å². The minimum atomic E-state index is -0.262. The van der Waals surface area contributed by atoms with E-state index in [2.05, 4.69) is 10.4 Å². The fourth-order valence-corrected chi connectivity index (χ4v) is 2.02. The smallest absolute Gasteiger partial charge is 0.254 e. The molecule has 0 bridgehead atoms. The number of piperazine rings is 1. The molecule has 1 saturated heterocycles. The second-order valence-electron chi connectivity index (χ2n) is 4.25. The number of nitrogens with two attached hydrogens (primary N) is 1. The number of nitrogen functional groups attached to an aromatic ring is 1.